The number of aryl methyl sites for hydroxylation is 1. The summed E-state index contributed by atoms with van der Waals surface area (Å²) in [7, 11) is 0. The number of fused-ring (bicyclic) bond motifs is 1. The maximum Gasteiger partial charge on any atom is 0.290 e. The van der Waals surface area contributed by atoms with Gasteiger partial charge in [0.2, 0.25) is 6.54 Å². The first-order valence-corrected chi connectivity index (χ1v) is 9.11. The number of anilines is 1. The van der Waals surface area contributed by atoms with Crippen molar-refractivity contribution in [3.8, 4) is 6.07 Å². The maximum atomic E-state index is 12.5. The Balaban J connectivity index is 1.80. The summed E-state index contributed by atoms with van der Waals surface area (Å²) in [6.07, 6.45) is 4.98. The molecule has 0 unspecified atom stereocenters. The normalized spacial score (nSPS) is 16.3. The van der Waals surface area contributed by atoms with Gasteiger partial charge in [-0.1, -0.05) is 6.92 Å². The van der Waals surface area contributed by atoms with Crippen LogP contribution in [0.4, 0.5) is 5.00 Å². The predicted molar refractivity (Wildman–Crippen MR) is 95.0 cm³/mol. The average Bonchev–Trinajstić information content (AvgIpc) is 2.87. The largest absolute Gasteiger partial charge is 0.311 e. The van der Waals surface area contributed by atoms with Crippen molar-refractivity contribution in [1.29, 1.82) is 5.26 Å². The number of carbonyl (C=O) groups excluding carboxylic acids is 1. The smallest absolute Gasteiger partial charge is 0.290 e. The van der Waals surface area contributed by atoms with E-state index in [1.54, 1.807) is 11.3 Å². The zero-order chi connectivity index (χ0) is 17.3. The Morgan fingerprint density at radius 3 is 3.04 bits per heavy atom. The molecule has 2 aromatic heterocycles. The Labute approximate surface area is 146 Å². The number of pyridine rings is 1. The fourth-order valence-corrected chi connectivity index (χ4v) is 4.58. The number of hydrogen-bond donors (Lipinski definition) is 1. The molecule has 0 aliphatic heterocycles. The van der Waals surface area contributed by atoms with E-state index in [4.69, 9.17) is 0 Å². The van der Waals surface area contributed by atoms with Crippen LogP contribution < -0.4 is 9.88 Å². The van der Waals surface area contributed by atoms with Crippen LogP contribution in [0.15, 0.2) is 18.3 Å². The number of nitrogens with one attached hydrogen (secondary N) is 1. The van der Waals surface area contributed by atoms with Crippen LogP contribution in [0.25, 0.3) is 0 Å². The maximum absolute atomic E-state index is 12.5. The van der Waals surface area contributed by atoms with E-state index in [1.165, 1.54) is 4.88 Å². The minimum absolute atomic E-state index is 0.0863. The van der Waals surface area contributed by atoms with Crippen LogP contribution in [-0.2, 0) is 24.2 Å². The Morgan fingerprint density at radius 2 is 2.29 bits per heavy atom. The molecule has 2 aromatic rings. The second kappa shape index (κ2) is 6.74. The summed E-state index contributed by atoms with van der Waals surface area (Å²) in [5.41, 5.74) is 4.05. The molecular formula is C19H22N3OS+. The second-order valence-corrected chi connectivity index (χ2v) is 7.73. The van der Waals surface area contributed by atoms with E-state index in [0.29, 0.717) is 16.5 Å². The summed E-state index contributed by atoms with van der Waals surface area (Å²) in [6.45, 7) is 6.54. The van der Waals surface area contributed by atoms with Crippen molar-refractivity contribution >= 4 is 22.2 Å². The number of amides is 1. The van der Waals surface area contributed by atoms with Gasteiger partial charge < -0.3 is 5.32 Å². The Morgan fingerprint density at radius 1 is 1.50 bits per heavy atom. The van der Waals surface area contributed by atoms with Crippen LogP contribution >= 0.6 is 11.3 Å². The topological polar surface area (TPSA) is 56.8 Å². The number of rotatable bonds is 3. The molecule has 1 N–H and O–H groups in total. The van der Waals surface area contributed by atoms with E-state index in [9.17, 15) is 10.1 Å². The van der Waals surface area contributed by atoms with Gasteiger partial charge in [-0.3, -0.25) is 4.79 Å². The SMILES string of the molecule is Cc1ccc[n+](CC(=O)Nc2sc3c(c2C#N)CC[C@H](C)C3)c1C. The molecule has 1 amide bonds. The van der Waals surface area contributed by atoms with Crippen LogP contribution in [0.5, 0.6) is 0 Å². The van der Waals surface area contributed by atoms with Gasteiger partial charge in [-0.05, 0) is 43.7 Å². The standard InChI is InChI=1S/C19H21N3OS/c1-12-6-7-15-16(10-20)19(24-17(15)9-12)21-18(23)11-22-8-4-5-13(2)14(22)3/h4-5,8,12H,6-7,9,11H2,1-3H3/p+1/t12-/m0/s1. The van der Waals surface area contributed by atoms with Crippen molar-refractivity contribution in [2.75, 3.05) is 5.32 Å². The lowest BCUT2D eigenvalue weighted by molar-refractivity contribution is -0.690. The molecule has 1 aliphatic rings. The summed E-state index contributed by atoms with van der Waals surface area (Å²) in [6, 6.07) is 6.28. The first kappa shape index (κ1) is 16.7. The molecule has 1 atom stereocenters. The number of carbonyl (C=O) groups is 1. The van der Waals surface area contributed by atoms with Gasteiger partial charge >= 0.3 is 0 Å². The molecule has 2 heterocycles. The highest BCUT2D eigenvalue weighted by atomic mass is 32.1. The Kier molecular flexibility index (Phi) is 4.68. The molecule has 0 fully saturated rings. The van der Waals surface area contributed by atoms with Gasteiger partial charge in [0.1, 0.15) is 11.1 Å². The molecule has 4 nitrogen and oxygen atoms in total. The molecule has 5 heteroatoms. The number of nitrogens with zero attached hydrogens (tertiary/aromatic N) is 2. The lowest BCUT2D eigenvalue weighted by atomic mass is 9.89. The summed E-state index contributed by atoms with van der Waals surface area (Å²) < 4.78 is 1.94. The molecule has 0 bridgehead atoms. The van der Waals surface area contributed by atoms with Gasteiger partial charge in [-0.25, -0.2) is 0 Å². The van der Waals surface area contributed by atoms with Gasteiger partial charge in [0.25, 0.3) is 5.91 Å². The number of hydrogen-bond acceptors (Lipinski definition) is 3. The van der Waals surface area contributed by atoms with Gasteiger partial charge in [0, 0.05) is 23.4 Å². The summed E-state index contributed by atoms with van der Waals surface area (Å²) in [4.78, 5) is 13.7. The highest BCUT2D eigenvalue weighted by molar-refractivity contribution is 7.16. The van der Waals surface area contributed by atoms with Crippen LogP contribution in [0.2, 0.25) is 0 Å². The molecular weight excluding hydrogens is 318 g/mol. The molecule has 3 rings (SSSR count). The van der Waals surface area contributed by atoms with Crippen molar-refractivity contribution in [3.63, 3.8) is 0 Å². The van der Waals surface area contributed by atoms with E-state index in [2.05, 4.69) is 18.3 Å². The van der Waals surface area contributed by atoms with Gasteiger partial charge in [-0.15, -0.1) is 11.3 Å². The van der Waals surface area contributed by atoms with Crippen molar-refractivity contribution in [1.82, 2.24) is 0 Å². The molecule has 24 heavy (non-hydrogen) atoms. The van der Waals surface area contributed by atoms with E-state index in [-0.39, 0.29) is 12.5 Å². The Bertz CT molecular complexity index is 832. The quantitative estimate of drug-likeness (QED) is 0.872. The zero-order valence-corrected chi connectivity index (χ0v) is 15.2. The number of nitriles is 1. The third kappa shape index (κ3) is 3.20. The molecule has 0 saturated heterocycles. The number of aromatic nitrogens is 1. The van der Waals surface area contributed by atoms with Crippen molar-refractivity contribution < 1.29 is 9.36 Å². The van der Waals surface area contributed by atoms with Crippen LogP contribution in [0, 0.1) is 31.1 Å². The van der Waals surface area contributed by atoms with Crippen LogP contribution in [-0.4, -0.2) is 5.91 Å². The molecule has 0 spiro atoms. The van der Waals surface area contributed by atoms with E-state index in [0.717, 1.165) is 36.1 Å². The summed E-state index contributed by atoms with van der Waals surface area (Å²) in [5, 5.41) is 13.2. The van der Waals surface area contributed by atoms with Gasteiger partial charge in [0.05, 0.1) is 5.56 Å². The number of thiophene rings is 1. The van der Waals surface area contributed by atoms with E-state index < -0.39 is 0 Å². The first-order chi connectivity index (χ1) is 11.5. The minimum Gasteiger partial charge on any atom is -0.311 e. The highest BCUT2D eigenvalue weighted by Crippen LogP contribution is 2.39. The predicted octanol–water partition coefficient (Wildman–Crippen LogP) is 3.29. The fraction of sp³-hybridized carbons (Fsp3) is 0.421. The van der Waals surface area contributed by atoms with Crippen molar-refractivity contribution in [3.05, 3.63) is 45.6 Å². The Hall–Kier alpha value is -2.19. The summed E-state index contributed by atoms with van der Waals surface area (Å²) >= 11 is 1.57. The lowest BCUT2D eigenvalue weighted by Crippen LogP contribution is -2.43. The molecule has 0 saturated carbocycles. The van der Waals surface area contributed by atoms with Crippen LogP contribution in [0.3, 0.4) is 0 Å². The van der Waals surface area contributed by atoms with Crippen molar-refractivity contribution in [2.24, 2.45) is 5.92 Å². The monoisotopic (exact) mass is 340 g/mol. The highest BCUT2D eigenvalue weighted by Gasteiger charge is 2.25. The van der Waals surface area contributed by atoms with Gasteiger partial charge in [0.15, 0.2) is 11.9 Å². The fourth-order valence-electron chi connectivity index (χ4n) is 3.20. The zero-order valence-electron chi connectivity index (χ0n) is 14.3. The summed E-state index contributed by atoms with van der Waals surface area (Å²) in [5.74, 6) is 0.564. The molecule has 0 radical (unpaired) electrons. The lowest BCUT2D eigenvalue weighted by Gasteiger charge is -2.17. The molecule has 0 aromatic carbocycles. The first-order valence-electron chi connectivity index (χ1n) is 8.29. The molecule has 124 valence electrons. The molecule has 1 aliphatic carbocycles. The van der Waals surface area contributed by atoms with Gasteiger partial charge in [-0.2, -0.15) is 9.83 Å². The average molecular weight is 340 g/mol. The third-order valence-corrected chi connectivity index (χ3v) is 5.97. The third-order valence-electron chi connectivity index (χ3n) is 4.80. The van der Waals surface area contributed by atoms with Crippen LogP contribution in [0.1, 0.15) is 40.6 Å². The van der Waals surface area contributed by atoms with Crippen molar-refractivity contribution in [2.45, 2.75) is 46.6 Å². The second-order valence-electron chi connectivity index (χ2n) is 6.62. The van der Waals surface area contributed by atoms with E-state index >= 15 is 0 Å². The minimum atomic E-state index is -0.0863. The van der Waals surface area contributed by atoms with E-state index in [1.807, 2.05) is 36.7 Å².